The molecule has 5 rings (SSSR count). The largest absolute Gasteiger partial charge is 0.497 e. The lowest BCUT2D eigenvalue weighted by molar-refractivity contribution is -0.149. The summed E-state index contributed by atoms with van der Waals surface area (Å²) in [5.74, 6) is 0.0277. The van der Waals surface area contributed by atoms with Crippen LogP contribution in [0.3, 0.4) is 0 Å². The zero-order valence-electron chi connectivity index (χ0n) is 24.1. The van der Waals surface area contributed by atoms with Gasteiger partial charge in [0.25, 0.3) is 5.91 Å². The van der Waals surface area contributed by atoms with Crippen molar-refractivity contribution in [3.05, 3.63) is 132 Å². The SMILES string of the molecule is COc1ccc(-c2nn(-c3ccccc3)cc2/C=C/C(=O)O[C@H](C(=O)Nc2cc(C)ccc2OC)c2ccccc2)cc1. The van der Waals surface area contributed by atoms with Gasteiger partial charge in [0, 0.05) is 29.0 Å². The van der Waals surface area contributed by atoms with Crippen molar-refractivity contribution in [3.63, 3.8) is 0 Å². The van der Waals surface area contributed by atoms with E-state index in [4.69, 9.17) is 19.3 Å². The molecule has 0 radical (unpaired) electrons. The van der Waals surface area contributed by atoms with Crippen molar-refractivity contribution >= 4 is 23.6 Å². The van der Waals surface area contributed by atoms with E-state index in [1.165, 1.54) is 13.2 Å². The number of amides is 1. The van der Waals surface area contributed by atoms with Gasteiger partial charge in [0.2, 0.25) is 6.10 Å². The van der Waals surface area contributed by atoms with E-state index in [9.17, 15) is 9.59 Å². The molecular formula is C35H31N3O5. The molecule has 0 bridgehead atoms. The number of nitrogens with zero attached hydrogens (tertiary/aromatic N) is 2. The number of hydrogen-bond acceptors (Lipinski definition) is 6. The number of aromatic nitrogens is 2. The third-order valence-electron chi connectivity index (χ3n) is 6.71. The number of nitrogens with one attached hydrogen (secondary N) is 1. The second kappa shape index (κ2) is 13.4. The fourth-order valence-electron chi connectivity index (χ4n) is 4.53. The Morgan fingerprint density at radius 2 is 1.56 bits per heavy atom. The van der Waals surface area contributed by atoms with Crippen LogP contribution in [-0.2, 0) is 14.3 Å². The molecule has 4 aromatic carbocycles. The Morgan fingerprint density at radius 3 is 2.23 bits per heavy atom. The Morgan fingerprint density at radius 1 is 0.860 bits per heavy atom. The summed E-state index contributed by atoms with van der Waals surface area (Å²) in [4.78, 5) is 26.6. The average Bonchev–Trinajstić information content (AvgIpc) is 3.48. The molecular weight excluding hydrogens is 542 g/mol. The summed E-state index contributed by atoms with van der Waals surface area (Å²) in [6.45, 7) is 1.91. The predicted octanol–water partition coefficient (Wildman–Crippen LogP) is 6.80. The molecule has 5 aromatic rings. The number of carbonyl (C=O) groups excluding carboxylic acids is 2. The summed E-state index contributed by atoms with van der Waals surface area (Å²) in [5.41, 5.74) is 5.03. The number of esters is 1. The molecule has 0 aliphatic rings. The smallest absolute Gasteiger partial charge is 0.331 e. The first-order chi connectivity index (χ1) is 20.9. The fraction of sp³-hybridized carbons (Fsp3) is 0.114. The van der Waals surface area contributed by atoms with E-state index < -0.39 is 18.0 Å². The zero-order chi connectivity index (χ0) is 30.2. The van der Waals surface area contributed by atoms with Crippen LogP contribution in [0.2, 0.25) is 0 Å². The van der Waals surface area contributed by atoms with Gasteiger partial charge in [-0.15, -0.1) is 0 Å². The predicted molar refractivity (Wildman–Crippen MR) is 166 cm³/mol. The molecule has 1 atom stereocenters. The lowest BCUT2D eigenvalue weighted by Crippen LogP contribution is -2.25. The minimum absolute atomic E-state index is 0.484. The van der Waals surface area contributed by atoms with Crippen LogP contribution in [0.1, 0.15) is 22.8 Å². The molecule has 1 heterocycles. The van der Waals surface area contributed by atoms with E-state index in [0.29, 0.717) is 28.3 Å². The number of anilines is 1. The number of ether oxygens (including phenoxy) is 3. The first-order valence-corrected chi connectivity index (χ1v) is 13.6. The second-order valence-corrected chi connectivity index (χ2v) is 9.70. The van der Waals surface area contributed by atoms with Crippen LogP contribution >= 0.6 is 0 Å². The quantitative estimate of drug-likeness (QED) is 0.146. The van der Waals surface area contributed by atoms with Crippen molar-refractivity contribution < 1.29 is 23.8 Å². The summed E-state index contributed by atoms with van der Waals surface area (Å²) in [6, 6.07) is 31.5. The molecule has 1 amide bonds. The summed E-state index contributed by atoms with van der Waals surface area (Å²) in [6.07, 6.45) is 3.58. The lowest BCUT2D eigenvalue weighted by Gasteiger charge is -2.18. The molecule has 0 aliphatic carbocycles. The van der Waals surface area contributed by atoms with Gasteiger partial charge in [-0.1, -0.05) is 54.6 Å². The third-order valence-corrected chi connectivity index (χ3v) is 6.71. The molecule has 1 N–H and O–H groups in total. The van der Waals surface area contributed by atoms with E-state index >= 15 is 0 Å². The highest BCUT2D eigenvalue weighted by atomic mass is 16.5. The van der Waals surface area contributed by atoms with E-state index in [-0.39, 0.29) is 0 Å². The Balaban J connectivity index is 1.42. The Bertz CT molecular complexity index is 1730. The molecule has 0 fully saturated rings. The third kappa shape index (κ3) is 7.00. The molecule has 8 nitrogen and oxygen atoms in total. The minimum Gasteiger partial charge on any atom is -0.497 e. The number of para-hydroxylation sites is 1. The van der Waals surface area contributed by atoms with Gasteiger partial charge >= 0.3 is 5.97 Å². The van der Waals surface area contributed by atoms with Gasteiger partial charge in [-0.05, 0) is 67.1 Å². The van der Waals surface area contributed by atoms with Crippen LogP contribution in [0.15, 0.2) is 115 Å². The maximum absolute atomic E-state index is 13.5. The monoisotopic (exact) mass is 573 g/mol. The Hall–Kier alpha value is -5.63. The summed E-state index contributed by atoms with van der Waals surface area (Å²) in [5, 5.41) is 7.64. The minimum atomic E-state index is -1.20. The molecule has 0 spiro atoms. The molecule has 0 aliphatic heterocycles. The highest BCUT2D eigenvalue weighted by Gasteiger charge is 2.25. The van der Waals surface area contributed by atoms with Crippen LogP contribution in [0.25, 0.3) is 23.0 Å². The van der Waals surface area contributed by atoms with E-state index in [1.807, 2.05) is 79.9 Å². The molecule has 0 unspecified atom stereocenters. The maximum atomic E-state index is 13.5. The van der Waals surface area contributed by atoms with Gasteiger partial charge in [0.1, 0.15) is 11.5 Å². The van der Waals surface area contributed by atoms with Gasteiger partial charge in [-0.2, -0.15) is 5.10 Å². The molecule has 0 saturated heterocycles. The Kier molecular flexibility index (Phi) is 8.97. The van der Waals surface area contributed by atoms with Crippen molar-refractivity contribution in [1.29, 1.82) is 0 Å². The van der Waals surface area contributed by atoms with E-state index in [0.717, 1.165) is 22.6 Å². The van der Waals surface area contributed by atoms with Crippen LogP contribution < -0.4 is 14.8 Å². The second-order valence-electron chi connectivity index (χ2n) is 9.70. The standard InChI is InChI=1S/C35H31N3O5/c1-24-14-20-31(42-3)30(22-24)36-35(40)34(26-10-6-4-7-11-26)43-32(39)21-17-27-23-38(28-12-8-5-9-13-28)37-33(27)25-15-18-29(41-2)19-16-25/h4-23,34H,1-3H3,(H,36,40)/b21-17+/t34-/m0/s1. The van der Waals surface area contributed by atoms with Crippen molar-refractivity contribution in [2.45, 2.75) is 13.0 Å². The van der Waals surface area contributed by atoms with Crippen LogP contribution in [0.5, 0.6) is 11.5 Å². The maximum Gasteiger partial charge on any atom is 0.331 e. The summed E-state index contributed by atoms with van der Waals surface area (Å²) < 4.78 is 18.2. The number of carbonyl (C=O) groups is 2. The first-order valence-electron chi connectivity index (χ1n) is 13.6. The first kappa shape index (κ1) is 28.9. The molecule has 0 saturated carbocycles. The van der Waals surface area contributed by atoms with Gasteiger partial charge in [-0.25, -0.2) is 9.48 Å². The summed E-state index contributed by atoms with van der Waals surface area (Å²) >= 11 is 0. The highest BCUT2D eigenvalue weighted by Crippen LogP contribution is 2.29. The van der Waals surface area contributed by atoms with Crippen molar-refractivity contribution in [2.75, 3.05) is 19.5 Å². The number of methoxy groups -OCH3 is 2. The lowest BCUT2D eigenvalue weighted by atomic mass is 10.1. The number of aryl methyl sites for hydroxylation is 1. The van der Waals surface area contributed by atoms with Crippen molar-refractivity contribution in [1.82, 2.24) is 9.78 Å². The van der Waals surface area contributed by atoms with Crippen molar-refractivity contribution in [3.8, 4) is 28.4 Å². The van der Waals surface area contributed by atoms with Crippen LogP contribution in [0, 0.1) is 6.92 Å². The zero-order valence-corrected chi connectivity index (χ0v) is 24.1. The van der Waals surface area contributed by atoms with E-state index in [1.54, 1.807) is 54.3 Å². The van der Waals surface area contributed by atoms with Gasteiger partial charge in [0.05, 0.1) is 31.3 Å². The fourth-order valence-corrected chi connectivity index (χ4v) is 4.53. The van der Waals surface area contributed by atoms with Gasteiger partial charge in [-0.3, -0.25) is 4.79 Å². The van der Waals surface area contributed by atoms with Gasteiger partial charge < -0.3 is 19.5 Å². The van der Waals surface area contributed by atoms with E-state index in [2.05, 4.69) is 5.32 Å². The average molecular weight is 574 g/mol. The van der Waals surface area contributed by atoms with Crippen molar-refractivity contribution in [2.24, 2.45) is 0 Å². The molecule has 216 valence electrons. The topological polar surface area (TPSA) is 91.7 Å². The summed E-state index contributed by atoms with van der Waals surface area (Å²) in [7, 11) is 3.14. The van der Waals surface area contributed by atoms with Crippen LogP contribution in [-0.4, -0.2) is 35.9 Å². The van der Waals surface area contributed by atoms with Crippen LogP contribution in [0.4, 0.5) is 5.69 Å². The Labute approximate surface area is 250 Å². The molecule has 43 heavy (non-hydrogen) atoms. The molecule has 8 heteroatoms. The normalized spacial score (nSPS) is 11.6. The molecule has 1 aromatic heterocycles. The highest BCUT2D eigenvalue weighted by molar-refractivity contribution is 5.98. The number of hydrogen-bond donors (Lipinski definition) is 1. The van der Waals surface area contributed by atoms with Gasteiger partial charge in [0.15, 0.2) is 0 Å². The number of benzene rings is 4. The number of rotatable bonds is 10.